The van der Waals surface area contributed by atoms with Crippen LogP contribution in [0.3, 0.4) is 0 Å². The fraction of sp³-hybridized carbons (Fsp3) is 0.483. The Hall–Kier alpha value is -1.55. The number of nitrogens with zero attached hydrogens (tertiary/aromatic N) is 2. The summed E-state index contributed by atoms with van der Waals surface area (Å²) < 4.78 is 8.58. The van der Waals surface area contributed by atoms with Gasteiger partial charge >= 0.3 is 199 Å². The van der Waals surface area contributed by atoms with Gasteiger partial charge in [-0.15, -0.1) is 0 Å². The molecule has 0 bridgehead atoms. The number of aryl methyl sites for hydroxylation is 2. The molecule has 4 rings (SSSR count). The summed E-state index contributed by atoms with van der Waals surface area (Å²) in [5, 5.41) is 4.29. The van der Waals surface area contributed by atoms with Crippen LogP contribution < -0.4 is 3.58 Å². The zero-order valence-electron chi connectivity index (χ0n) is 20.8. The Morgan fingerprint density at radius 1 is 0.812 bits per heavy atom. The van der Waals surface area contributed by atoms with Crippen LogP contribution in [-0.4, -0.2) is 27.8 Å². The van der Waals surface area contributed by atoms with Gasteiger partial charge < -0.3 is 0 Å². The molecule has 2 heterocycles. The molecule has 0 saturated heterocycles. The van der Waals surface area contributed by atoms with Crippen LogP contribution >= 0.6 is 0 Å². The first kappa shape index (κ1) is 23.6. The number of pyridine rings is 1. The van der Waals surface area contributed by atoms with Gasteiger partial charge in [-0.1, -0.05) is 0 Å². The molecule has 0 fully saturated rings. The van der Waals surface area contributed by atoms with Gasteiger partial charge in [-0.25, -0.2) is 0 Å². The first-order chi connectivity index (χ1) is 15.6. The van der Waals surface area contributed by atoms with Gasteiger partial charge in [0.25, 0.3) is 0 Å². The number of hydrogen-bond donors (Lipinski definition) is 0. The average Bonchev–Trinajstić information content (AvgIpc) is 3.30. The summed E-state index contributed by atoms with van der Waals surface area (Å²) in [5.41, 5.74) is 5.20. The molecule has 0 amide bonds. The van der Waals surface area contributed by atoms with Crippen LogP contribution in [0.25, 0.3) is 27.3 Å². The Kier molecular flexibility index (Phi) is 7.49. The summed E-state index contributed by atoms with van der Waals surface area (Å²) in [6.07, 6.45) is 12.3. The molecule has 0 spiro atoms. The quantitative estimate of drug-likeness (QED) is 0.148. The molecule has 0 aliphatic carbocycles. The van der Waals surface area contributed by atoms with Crippen molar-refractivity contribution < 1.29 is 0 Å². The van der Waals surface area contributed by atoms with E-state index in [0.717, 1.165) is 0 Å². The molecule has 170 valence electrons. The van der Waals surface area contributed by atoms with Crippen LogP contribution in [0.4, 0.5) is 0 Å². The Morgan fingerprint density at radius 3 is 2.06 bits per heavy atom. The number of aromatic nitrogens is 2. The minimum atomic E-state index is -2.62. The van der Waals surface area contributed by atoms with Crippen molar-refractivity contribution in [1.29, 1.82) is 0 Å². The zero-order chi connectivity index (χ0) is 22.7. The summed E-state index contributed by atoms with van der Waals surface area (Å²) in [6.45, 7) is 11.6. The van der Waals surface area contributed by atoms with Crippen molar-refractivity contribution in [2.45, 2.75) is 86.5 Å². The maximum atomic E-state index is 4.96. The van der Waals surface area contributed by atoms with Gasteiger partial charge in [0.2, 0.25) is 0 Å². The Bertz CT molecular complexity index is 1200. The fourth-order valence-electron chi connectivity index (χ4n) is 5.68. The molecule has 2 aromatic heterocycles. The predicted molar refractivity (Wildman–Crippen MR) is 144 cm³/mol. The molecule has 0 saturated carbocycles. The standard InChI is InChI=1S/C17H13N2.3C4H9.Sn/c1-11-9-15-13-5-3-4-6-14(13)17-18-7-8-19(17)16(15)10-12(11)2;3*1-3-4-2;/h3-5,7-10H,1-2H3;3*1,3-4H2,2H3;. The van der Waals surface area contributed by atoms with E-state index in [2.05, 4.69) is 75.5 Å². The Morgan fingerprint density at radius 2 is 1.44 bits per heavy atom. The van der Waals surface area contributed by atoms with Gasteiger partial charge in [0.15, 0.2) is 0 Å². The minimum absolute atomic E-state index is 1.18. The molecular formula is C29H40N2Sn. The maximum absolute atomic E-state index is 4.96. The van der Waals surface area contributed by atoms with Gasteiger partial charge in [-0.05, 0) is 0 Å². The van der Waals surface area contributed by atoms with E-state index >= 15 is 0 Å². The number of rotatable bonds is 10. The molecule has 2 aromatic carbocycles. The normalized spacial score (nSPS) is 12.4. The second-order valence-corrected chi connectivity index (χ2v) is 23.0. The molecule has 3 heteroatoms. The molecule has 2 nitrogen and oxygen atoms in total. The molecule has 0 atom stereocenters. The summed E-state index contributed by atoms with van der Waals surface area (Å²) >= 11 is -2.62. The van der Waals surface area contributed by atoms with Crippen LogP contribution in [0, 0.1) is 13.8 Å². The number of unbranched alkanes of at least 4 members (excludes halogenated alkanes) is 3. The van der Waals surface area contributed by atoms with Crippen molar-refractivity contribution in [3.8, 4) is 0 Å². The summed E-state index contributed by atoms with van der Waals surface area (Å²) in [7, 11) is 0. The Labute approximate surface area is 198 Å². The molecule has 0 N–H and O–H groups in total. The van der Waals surface area contributed by atoms with Gasteiger partial charge in [0, 0.05) is 0 Å². The van der Waals surface area contributed by atoms with Crippen molar-refractivity contribution >= 4 is 49.3 Å². The first-order valence-electron chi connectivity index (χ1n) is 12.9. The van der Waals surface area contributed by atoms with Gasteiger partial charge in [0.1, 0.15) is 0 Å². The van der Waals surface area contributed by atoms with Crippen LogP contribution in [-0.2, 0) is 0 Å². The average molecular weight is 535 g/mol. The molecule has 0 aliphatic rings. The fourth-order valence-corrected chi connectivity index (χ4v) is 22.5. The number of imidazole rings is 1. The molecule has 4 aromatic rings. The van der Waals surface area contributed by atoms with E-state index in [9.17, 15) is 0 Å². The summed E-state index contributed by atoms with van der Waals surface area (Å²) in [6, 6.07) is 12.0. The van der Waals surface area contributed by atoms with Gasteiger partial charge in [-0.2, -0.15) is 0 Å². The first-order valence-corrected chi connectivity index (χ1v) is 20.3. The predicted octanol–water partition coefficient (Wildman–Crippen LogP) is 8.31. The zero-order valence-corrected chi connectivity index (χ0v) is 23.7. The Balaban J connectivity index is 2.09. The van der Waals surface area contributed by atoms with Gasteiger partial charge in [0.05, 0.1) is 0 Å². The topological polar surface area (TPSA) is 17.3 Å². The third-order valence-electron chi connectivity index (χ3n) is 7.69. The van der Waals surface area contributed by atoms with Crippen LogP contribution in [0.1, 0.15) is 70.4 Å². The summed E-state index contributed by atoms with van der Waals surface area (Å²) in [4.78, 5) is 4.96. The number of fused-ring (bicyclic) bond motifs is 6. The van der Waals surface area contributed by atoms with E-state index in [0.29, 0.717) is 0 Å². The van der Waals surface area contributed by atoms with Crippen molar-refractivity contribution in [2.75, 3.05) is 0 Å². The van der Waals surface area contributed by atoms with Gasteiger partial charge in [-0.3, -0.25) is 0 Å². The van der Waals surface area contributed by atoms with E-state index in [1.807, 2.05) is 6.20 Å². The van der Waals surface area contributed by atoms with E-state index in [-0.39, 0.29) is 0 Å². The van der Waals surface area contributed by atoms with E-state index < -0.39 is 18.4 Å². The van der Waals surface area contributed by atoms with Crippen molar-refractivity contribution in [3.05, 3.63) is 53.9 Å². The van der Waals surface area contributed by atoms with E-state index in [4.69, 9.17) is 4.98 Å². The van der Waals surface area contributed by atoms with Crippen molar-refractivity contribution in [2.24, 2.45) is 0 Å². The van der Waals surface area contributed by atoms with Crippen molar-refractivity contribution in [1.82, 2.24) is 9.38 Å². The molecule has 0 radical (unpaired) electrons. The van der Waals surface area contributed by atoms with Crippen LogP contribution in [0.2, 0.25) is 13.3 Å². The molecule has 32 heavy (non-hydrogen) atoms. The molecule has 0 aliphatic heterocycles. The number of benzene rings is 2. The van der Waals surface area contributed by atoms with Crippen LogP contribution in [0.5, 0.6) is 0 Å². The third kappa shape index (κ3) is 4.20. The third-order valence-corrected chi connectivity index (χ3v) is 23.4. The van der Waals surface area contributed by atoms with Crippen LogP contribution in [0.15, 0.2) is 42.7 Å². The summed E-state index contributed by atoms with van der Waals surface area (Å²) in [5.74, 6) is 0. The molecular weight excluding hydrogens is 495 g/mol. The SMILES string of the molecule is CCC[CH2][Sn]([CH2]CCC)([CH2]CCC)[c]1cccc2c3cc(C)c(C)cc3n3ccnc3c12. The second kappa shape index (κ2) is 10.2. The second-order valence-electron chi connectivity index (χ2n) is 9.89. The van der Waals surface area contributed by atoms with Crippen molar-refractivity contribution in [3.63, 3.8) is 0 Å². The van der Waals surface area contributed by atoms with E-state index in [1.165, 1.54) is 90.3 Å². The molecule has 0 unspecified atom stereocenters. The number of hydrogen-bond acceptors (Lipinski definition) is 1. The monoisotopic (exact) mass is 536 g/mol. The van der Waals surface area contributed by atoms with E-state index in [1.54, 1.807) is 3.58 Å².